The molecular formula is C18H23NS. The topological polar surface area (TPSA) is 12.0 Å². The molecule has 0 saturated heterocycles. The Bertz CT molecular complexity index is 531. The molecule has 0 bridgehead atoms. The average Bonchev–Trinajstić information content (AvgIpc) is 2.96. The fourth-order valence-corrected chi connectivity index (χ4v) is 4.10. The number of aryl methyl sites for hydroxylation is 2. The maximum atomic E-state index is 3.84. The molecule has 1 aliphatic carbocycles. The van der Waals surface area contributed by atoms with Gasteiger partial charge in [0, 0.05) is 17.0 Å². The van der Waals surface area contributed by atoms with Crippen molar-refractivity contribution in [2.75, 3.05) is 0 Å². The molecule has 2 heteroatoms. The Labute approximate surface area is 126 Å². The van der Waals surface area contributed by atoms with Crippen LogP contribution in [0.2, 0.25) is 0 Å². The third-order valence-corrected chi connectivity index (χ3v) is 5.24. The van der Waals surface area contributed by atoms with Gasteiger partial charge in [-0.15, -0.1) is 11.3 Å². The highest BCUT2D eigenvalue weighted by Gasteiger charge is 2.22. The lowest BCUT2D eigenvalue weighted by Crippen LogP contribution is -2.32. The van der Waals surface area contributed by atoms with Crippen LogP contribution in [0.15, 0.2) is 41.8 Å². The summed E-state index contributed by atoms with van der Waals surface area (Å²) in [5, 5.41) is 6.09. The van der Waals surface area contributed by atoms with Crippen LogP contribution in [0, 0.1) is 0 Å². The van der Waals surface area contributed by atoms with Crippen LogP contribution < -0.4 is 5.32 Å². The maximum Gasteiger partial charge on any atom is 0.0333 e. The zero-order valence-electron chi connectivity index (χ0n) is 12.1. The van der Waals surface area contributed by atoms with Gasteiger partial charge in [0.05, 0.1) is 0 Å². The van der Waals surface area contributed by atoms with Gasteiger partial charge in [-0.1, -0.05) is 30.3 Å². The van der Waals surface area contributed by atoms with Gasteiger partial charge in [0.2, 0.25) is 0 Å². The summed E-state index contributed by atoms with van der Waals surface area (Å²) in [5.41, 5.74) is 3.01. The number of nitrogens with one attached hydrogen (secondary N) is 1. The Hall–Kier alpha value is -1.12. The average molecular weight is 285 g/mol. The first-order chi connectivity index (χ1) is 9.83. The van der Waals surface area contributed by atoms with E-state index in [0.29, 0.717) is 12.1 Å². The van der Waals surface area contributed by atoms with Gasteiger partial charge >= 0.3 is 0 Å². The van der Waals surface area contributed by atoms with Crippen molar-refractivity contribution in [3.8, 4) is 0 Å². The van der Waals surface area contributed by atoms with Crippen molar-refractivity contribution in [3.05, 3.63) is 57.8 Å². The molecule has 0 radical (unpaired) electrons. The summed E-state index contributed by atoms with van der Waals surface area (Å²) in [5.74, 6) is 0. The lowest BCUT2D eigenvalue weighted by molar-refractivity contribution is 0.398. The molecule has 1 aliphatic rings. The quantitative estimate of drug-likeness (QED) is 0.837. The molecule has 1 heterocycles. The van der Waals surface area contributed by atoms with Crippen molar-refractivity contribution in [2.45, 2.75) is 51.1 Å². The molecule has 0 fully saturated rings. The predicted molar refractivity (Wildman–Crippen MR) is 87.4 cm³/mol. The van der Waals surface area contributed by atoms with Crippen molar-refractivity contribution < 1.29 is 0 Å². The van der Waals surface area contributed by atoms with E-state index in [2.05, 4.69) is 54.0 Å². The second kappa shape index (κ2) is 6.55. The first-order valence-electron chi connectivity index (χ1n) is 7.69. The Kier molecular flexibility index (Phi) is 4.54. The minimum absolute atomic E-state index is 0.575. The first-order valence-corrected chi connectivity index (χ1v) is 8.57. The van der Waals surface area contributed by atoms with E-state index in [1.807, 2.05) is 11.3 Å². The number of fused-ring (bicyclic) bond motifs is 1. The lowest BCUT2D eigenvalue weighted by Gasteiger charge is -2.27. The third-order valence-electron chi connectivity index (χ3n) is 4.25. The largest absolute Gasteiger partial charge is 0.307 e. The number of thiophene rings is 1. The van der Waals surface area contributed by atoms with E-state index in [0.717, 1.165) is 6.42 Å². The Balaban J connectivity index is 1.54. The standard InChI is InChI=1S/C18H23NS/c1-14(10-11-15-6-3-2-4-7-15)19-17-8-5-9-18-16(17)12-13-20-18/h2-4,6-7,12-14,17,19H,5,8-11H2,1H3. The number of hydrogen-bond donors (Lipinski definition) is 1. The molecule has 0 saturated carbocycles. The normalized spacial score (nSPS) is 19.6. The van der Waals surface area contributed by atoms with E-state index in [1.54, 1.807) is 10.4 Å². The number of hydrogen-bond acceptors (Lipinski definition) is 2. The van der Waals surface area contributed by atoms with Crippen molar-refractivity contribution in [1.82, 2.24) is 5.32 Å². The van der Waals surface area contributed by atoms with Crippen LogP contribution in [0.3, 0.4) is 0 Å². The second-order valence-corrected chi connectivity index (χ2v) is 6.84. The van der Waals surface area contributed by atoms with E-state index in [4.69, 9.17) is 0 Å². The van der Waals surface area contributed by atoms with Gasteiger partial charge in [-0.3, -0.25) is 0 Å². The van der Waals surface area contributed by atoms with Crippen LogP contribution in [0.25, 0.3) is 0 Å². The smallest absolute Gasteiger partial charge is 0.0333 e. The van der Waals surface area contributed by atoms with Gasteiger partial charge in [-0.25, -0.2) is 0 Å². The molecular weight excluding hydrogens is 262 g/mol. The van der Waals surface area contributed by atoms with E-state index < -0.39 is 0 Å². The zero-order chi connectivity index (χ0) is 13.8. The van der Waals surface area contributed by atoms with Crippen molar-refractivity contribution in [1.29, 1.82) is 0 Å². The van der Waals surface area contributed by atoms with Gasteiger partial charge in [0.25, 0.3) is 0 Å². The SMILES string of the molecule is CC(CCc1ccccc1)NC1CCCc2sccc21. The molecule has 20 heavy (non-hydrogen) atoms. The van der Waals surface area contributed by atoms with Gasteiger partial charge in [0.15, 0.2) is 0 Å². The monoisotopic (exact) mass is 285 g/mol. The molecule has 1 aromatic carbocycles. The maximum absolute atomic E-state index is 3.84. The zero-order valence-corrected chi connectivity index (χ0v) is 13.0. The molecule has 2 aromatic rings. The summed E-state index contributed by atoms with van der Waals surface area (Å²) in [6.45, 7) is 2.32. The summed E-state index contributed by atoms with van der Waals surface area (Å²) in [7, 11) is 0. The van der Waals surface area contributed by atoms with E-state index in [-0.39, 0.29) is 0 Å². The molecule has 106 valence electrons. The van der Waals surface area contributed by atoms with E-state index in [1.165, 1.54) is 31.2 Å². The Morgan fingerprint density at radius 2 is 2.10 bits per heavy atom. The second-order valence-electron chi connectivity index (χ2n) is 5.84. The van der Waals surface area contributed by atoms with E-state index in [9.17, 15) is 0 Å². The minimum Gasteiger partial charge on any atom is -0.307 e. The molecule has 0 aliphatic heterocycles. The van der Waals surface area contributed by atoms with Crippen molar-refractivity contribution >= 4 is 11.3 Å². The molecule has 1 aromatic heterocycles. The molecule has 3 rings (SSSR count). The van der Waals surface area contributed by atoms with Crippen LogP contribution in [-0.2, 0) is 12.8 Å². The number of rotatable bonds is 5. The highest BCUT2D eigenvalue weighted by molar-refractivity contribution is 7.10. The van der Waals surface area contributed by atoms with Gasteiger partial charge in [-0.05, 0) is 61.6 Å². The number of benzene rings is 1. The van der Waals surface area contributed by atoms with Gasteiger partial charge in [-0.2, -0.15) is 0 Å². The molecule has 0 amide bonds. The highest BCUT2D eigenvalue weighted by Crippen LogP contribution is 2.33. The Morgan fingerprint density at radius 1 is 1.25 bits per heavy atom. The van der Waals surface area contributed by atoms with Crippen molar-refractivity contribution in [2.24, 2.45) is 0 Å². The minimum atomic E-state index is 0.575. The lowest BCUT2D eigenvalue weighted by atomic mass is 9.93. The van der Waals surface area contributed by atoms with Gasteiger partial charge in [0.1, 0.15) is 0 Å². The summed E-state index contributed by atoms with van der Waals surface area (Å²) in [6.07, 6.45) is 6.28. The summed E-state index contributed by atoms with van der Waals surface area (Å²) in [4.78, 5) is 1.60. The van der Waals surface area contributed by atoms with Crippen LogP contribution >= 0.6 is 11.3 Å². The van der Waals surface area contributed by atoms with E-state index >= 15 is 0 Å². The van der Waals surface area contributed by atoms with Gasteiger partial charge < -0.3 is 5.32 Å². The molecule has 0 spiro atoms. The fourth-order valence-electron chi connectivity index (χ4n) is 3.11. The molecule has 1 N–H and O–H groups in total. The fraction of sp³-hybridized carbons (Fsp3) is 0.444. The third kappa shape index (κ3) is 3.31. The highest BCUT2D eigenvalue weighted by atomic mass is 32.1. The molecule has 2 atom stereocenters. The molecule has 1 nitrogen and oxygen atoms in total. The van der Waals surface area contributed by atoms with Crippen LogP contribution in [-0.4, -0.2) is 6.04 Å². The summed E-state index contributed by atoms with van der Waals surface area (Å²) < 4.78 is 0. The Morgan fingerprint density at radius 3 is 2.95 bits per heavy atom. The van der Waals surface area contributed by atoms with Crippen LogP contribution in [0.5, 0.6) is 0 Å². The first kappa shape index (κ1) is 13.8. The van der Waals surface area contributed by atoms with Crippen LogP contribution in [0.1, 0.15) is 48.2 Å². The summed E-state index contributed by atoms with van der Waals surface area (Å²) >= 11 is 1.93. The van der Waals surface area contributed by atoms with Crippen LogP contribution in [0.4, 0.5) is 0 Å². The summed E-state index contributed by atoms with van der Waals surface area (Å²) in [6, 6.07) is 14.3. The molecule has 2 unspecified atom stereocenters. The predicted octanol–water partition coefficient (Wildman–Crippen LogP) is 4.74. The van der Waals surface area contributed by atoms with Crippen molar-refractivity contribution in [3.63, 3.8) is 0 Å².